The Hall–Kier alpha value is -3.38. The number of aromatic nitrogens is 3. The van der Waals surface area contributed by atoms with Crippen molar-refractivity contribution in [3.05, 3.63) is 74.8 Å². The number of amides is 1. The number of nitrogens with zero attached hydrogens (tertiary/aromatic N) is 6. The Kier molecular flexibility index (Phi) is 6.62. The molecule has 2 aromatic heterocycles. The Balaban J connectivity index is 1.56. The maximum absolute atomic E-state index is 14.0. The lowest BCUT2D eigenvalue weighted by Crippen LogP contribution is -2.50. The summed E-state index contributed by atoms with van der Waals surface area (Å²) in [6.07, 6.45) is 4.61. The van der Waals surface area contributed by atoms with Crippen molar-refractivity contribution in [2.45, 2.75) is 44.3 Å². The Labute approximate surface area is 231 Å². The van der Waals surface area contributed by atoms with Gasteiger partial charge in [-0.15, -0.1) is 11.3 Å². The van der Waals surface area contributed by atoms with E-state index < -0.39 is 23.9 Å². The van der Waals surface area contributed by atoms with Crippen LogP contribution in [-0.2, 0) is 4.74 Å². The number of aliphatic imine (C=N–C) groups is 1. The summed E-state index contributed by atoms with van der Waals surface area (Å²) in [4.78, 5) is 26.1. The zero-order valence-corrected chi connectivity index (χ0v) is 22.4. The van der Waals surface area contributed by atoms with E-state index in [1.807, 2.05) is 10.3 Å². The maximum atomic E-state index is 14.0. The SMILES string of the molecule is CCCCN1C(=O)OC[C@]12CC1=C(c3ccn(C(F)F)n3)[C@H](c3ccc(F)cc3Cl)N=C(c3nccs3)N1C2. The molecule has 6 rings (SSSR count). The van der Waals surface area contributed by atoms with E-state index in [1.54, 1.807) is 17.2 Å². The fourth-order valence-corrected chi connectivity index (χ4v) is 6.42. The molecule has 3 aliphatic heterocycles. The van der Waals surface area contributed by atoms with Gasteiger partial charge < -0.3 is 9.64 Å². The smallest absolute Gasteiger partial charge is 0.410 e. The number of rotatable bonds is 7. The number of unbranched alkanes of at least 4 members (excludes halogenated alkanes) is 1. The highest BCUT2D eigenvalue weighted by atomic mass is 35.5. The molecule has 2 fully saturated rings. The molecule has 0 radical (unpaired) electrons. The quantitative estimate of drug-likeness (QED) is 0.338. The topological polar surface area (TPSA) is 75.8 Å². The number of carbonyl (C=O) groups is 1. The number of hydrogen-bond acceptors (Lipinski definition) is 7. The molecule has 2 atom stereocenters. The van der Waals surface area contributed by atoms with Crippen LogP contribution in [0.15, 0.2) is 52.7 Å². The number of benzene rings is 1. The molecule has 1 spiro atoms. The van der Waals surface area contributed by atoms with Crippen LogP contribution in [0, 0.1) is 5.82 Å². The van der Waals surface area contributed by atoms with Gasteiger partial charge in [0.05, 0.1) is 12.2 Å². The van der Waals surface area contributed by atoms with Gasteiger partial charge in [-0.1, -0.05) is 31.0 Å². The molecule has 0 aliphatic carbocycles. The molecule has 3 aliphatic rings. The lowest BCUT2D eigenvalue weighted by atomic mass is 9.90. The zero-order valence-electron chi connectivity index (χ0n) is 20.9. The molecule has 2 saturated heterocycles. The van der Waals surface area contributed by atoms with E-state index in [1.165, 1.54) is 35.7 Å². The van der Waals surface area contributed by atoms with Gasteiger partial charge in [0.2, 0.25) is 0 Å². The minimum absolute atomic E-state index is 0.152. The van der Waals surface area contributed by atoms with Gasteiger partial charge in [0.15, 0.2) is 10.8 Å². The van der Waals surface area contributed by atoms with E-state index in [0.717, 1.165) is 18.5 Å². The molecule has 1 aromatic carbocycles. The lowest BCUT2D eigenvalue weighted by Gasteiger charge is -2.33. The Bertz CT molecular complexity index is 1480. The van der Waals surface area contributed by atoms with Crippen molar-refractivity contribution >= 4 is 40.4 Å². The molecule has 8 nitrogen and oxygen atoms in total. The summed E-state index contributed by atoms with van der Waals surface area (Å²) in [5.41, 5.74) is 1.45. The molecule has 5 heterocycles. The van der Waals surface area contributed by atoms with Crippen molar-refractivity contribution in [2.24, 2.45) is 4.99 Å². The maximum Gasteiger partial charge on any atom is 0.410 e. The first kappa shape index (κ1) is 25.9. The number of amidine groups is 1. The molecule has 0 N–H and O–H groups in total. The fourth-order valence-electron chi connectivity index (χ4n) is 5.51. The Morgan fingerprint density at radius 2 is 2.15 bits per heavy atom. The molecule has 3 aromatic rings. The number of thiazole rings is 1. The number of cyclic esters (lactones) is 1. The molecule has 1 amide bonds. The van der Waals surface area contributed by atoms with Crippen LogP contribution in [0.25, 0.3) is 5.57 Å². The van der Waals surface area contributed by atoms with Crippen LogP contribution in [0.1, 0.15) is 55.0 Å². The van der Waals surface area contributed by atoms with E-state index in [4.69, 9.17) is 21.3 Å². The second-order valence-electron chi connectivity index (χ2n) is 9.72. The van der Waals surface area contributed by atoms with Crippen molar-refractivity contribution in [3.63, 3.8) is 0 Å². The van der Waals surface area contributed by atoms with Gasteiger partial charge in [-0.25, -0.2) is 18.9 Å². The monoisotopic (exact) mass is 576 g/mol. The predicted molar refractivity (Wildman–Crippen MR) is 140 cm³/mol. The number of fused-ring (bicyclic) bond motifs is 1. The first-order valence-electron chi connectivity index (χ1n) is 12.5. The highest BCUT2D eigenvalue weighted by Crippen LogP contribution is 2.50. The first-order valence-corrected chi connectivity index (χ1v) is 13.8. The number of alkyl halides is 2. The molecule has 0 unspecified atom stereocenters. The number of carbonyl (C=O) groups excluding carboxylic acids is 1. The molecular weight excluding hydrogens is 553 g/mol. The average Bonchev–Trinajstić information content (AvgIpc) is 3.70. The van der Waals surface area contributed by atoms with Gasteiger partial charge >= 0.3 is 12.6 Å². The number of halogens is 4. The van der Waals surface area contributed by atoms with Gasteiger partial charge in [0.25, 0.3) is 0 Å². The van der Waals surface area contributed by atoms with E-state index in [-0.39, 0.29) is 17.7 Å². The van der Waals surface area contributed by atoms with Crippen LogP contribution in [0.2, 0.25) is 5.02 Å². The van der Waals surface area contributed by atoms with Crippen LogP contribution >= 0.6 is 22.9 Å². The summed E-state index contributed by atoms with van der Waals surface area (Å²) in [5, 5.41) is 6.81. The zero-order chi connectivity index (χ0) is 27.3. The van der Waals surface area contributed by atoms with Crippen LogP contribution in [-0.4, -0.2) is 61.7 Å². The van der Waals surface area contributed by atoms with Crippen LogP contribution in [0.3, 0.4) is 0 Å². The van der Waals surface area contributed by atoms with Crippen LogP contribution in [0.5, 0.6) is 0 Å². The lowest BCUT2D eigenvalue weighted by molar-refractivity contribution is 0.0564. The summed E-state index contributed by atoms with van der Waals surface area (Å²) in [6.45, 7) is 0.325. The average molecular weight is 577 g/mol. The normalized spacial score (nSPS) is 22.8. The van der Waals surface area contributed by atoms with Crippen LogP contribution < -0.4 is 0 Å². The van der Waals surface area contributed by atoms with Gasteiger partial charge in [0, 0.05) is 52.6 Å². The van der Waals surface area contributed by atoms with Crippen molar-refractivity contribution in [2.75, 3.05) is 19.7 Å². The van der Waals surface area contributed by atoms with Crippen molar-refractivity contribution in [3.8, 4) is 0 Å². The third-order valence-corrected chi connectivity index (χ3v) is 8.42. The second-order valence-corrected chi connectivity index (χ2v) is 11.0. The van der Waals surface area contributed by atoms with E-state index in [2.05, 4.69) is 17.0 Å². The van der Waals surface area contributed by atoms with Crippen molar-refractivity contribution in [1.82, 2.24) is 24.6 Å². The molecule has 39 heavy (non-hydrogen) atoms. The largest absolute Gasteiger partial charge is 0.447 e. The summed E-state index contributed by atoms with van der Waals surface area (Å²) < 4.78 is 47.3. The van der Waals surface area contributed by atoms with Crippen LogP contribution in [0.4, 0.5) is 18.0 Å². The van der Waals surface area contributed by atoms with E-state index >= 15 is 0 Å². The molecule has 0 bridgehead atoms. The number of hydrogen-bond donors (Lipinski definition) is 0. The standard InChI is InChI=1S/C26H24ClF3N6O2S/c1-2-3-8-35-25(37)38-14-26(35)12-19-20(18-6-9-36(33-18)24(29)30)21(16-5-4-15(28)11-17(16)27)32-22(34(19)13-26)23-31-7-10-39-23/h4-7,9-11,21,24H,2-3,8,12-14H2,1H3/t21-,26+/m0/s1. The number of ether oxygens (including phenoxy) is 1. The van der Waals surface area contributed by atoms with Crippen molar-refractivity contribution < 1.29 is 22.7 Å². The fraction of sp³-hybridized carbons (Fsp3) is 0.385. The molecule has 204 valence electrons. The minimum atomic E-state index is -2.83. The van der Waals surface area contributed by atoms with Gasteiger partial charge in [-0.05, 0) is 24.6 Å². The van der Waals surface area contributed by atoms with Gasteiger partial charge in [0.1, 0.15) is 24.0 Å². The molecular formula is C26H24ClF3N6O2S. The van der Waals surface area contributed by atoms with E-state index in [0.29, 0.717) is 51.9 Å². The summed E-state index contributed by atoms with van der Waals surface area (Å²) in [7, 11) is 0. The Morgan fingerprint density at radius 1 is 1.31 bits per heavy atom. The summed E-state index contributed by atoms with van der Waals surface area (Å²) in [5.74, 6) is 0.0589. The summed E-state index contributed by atoms with van der Waals surface area (Å²) >= 11 is 7.93. The first-order chi connectivity index (χ1) is 18.8. The highest BCUT2D eigenvalue weighted by Gasteiger charge is 2.56. The second kappa shape index (κ2) is 9.98. The molecule has 13 heteroatoms. The highest BCUT2D eigenvalue weighted by molar-refractivity contribution is 7.11. The Morgan fingerprint density at radius 3 is 2.85 bits per heavy atom. The van der Waals surface area contributed by atoms with Gasteiger partial charge in [-0.3, -0.25) is 9.89 Å². The minimum Gasteiger partial charge on any atom is -0.447 e. The van der Waals surface area contributed by atoms with Crippen molar-refractivity contribution in [1.29, 1.82) is 0 Å². The van der Waals surface area contributed by atoms with Gasteiger partial charge in [-0.2, -0.15) is 13.9 Å². The third kappa shape index (κ3) is 4.39. The third-order valence-electron chi connectivity index (χ3n) is 7.32. The van der Waals surface area contributed by atoms with E-state index in [9.17, 15) is 18.0 Å². The molecule has 0 saturated carbocycles. The summed E-state index contributed by atoms with van der Waals surface area (Å²) in [6, 6.07) is 4.77. The predicted octanol–water partition coefficient (Wildman–Crippen LogP) is 6.14.